The molecule has 9 heavy (non-hydrogen) atoms. The van der Waals surface area contributed by atoms with E-state index in [-0.39, 0.29) is 0 Å². The molecule has 0 bridgehead atoms. The summed E-state index contributed by atoms with van der Waals surface area (Å²) in [5, 5.41) is 0. The maximum Gasteiger partial charge on any atom is 0.223 e. The molecule has 1 aliphatic rings. The Morgan fingerprint density at radius 2 is 2.33 bits per heavy atom. The molecular formula is C7H13O2. The molecule has 2 nitrogen and oxygen atoms in total. The Labute approximate surface area is 56.2 Å². The van der Waals surface area contributed by atoms with E-state index in [0.717, 1.165) is 25.7 Å². The third-order valence-electron chi connectivity index (χ3n) is 1.47. The van der Waals surface area contributed by atoms with Gasteiger partial charge < -0.3 is 9.47 Å². The lowest BCUT2D eigenvalue weighted by Crippen LogP contribution is -2.06. The van der Waals surface area contributed by atoms with Gasteiger partial charge in [0.05, 0.1) is 12.7 Å². The highest BCUT2D eigenvalue weighted by Crippen LogP contribution is 2.21. The molecule has 0 N–H and O–H groups in total. The molecule has 0 aromatic heterocycles. The molecule has 0 aliphatic carbocycles. The van der Waals surface area contributed by atoms with E-state index >= 15 is 0 Å². The van der Waals surface area contributed by atoms with Crippen molar-refractivity contribution in [2.45, 2.75) is 32.8 Å². The Hall–Kier alpha value is -0.0800. The Morgan fingerprint density at radius 1 is 1.56 bits per heavy atom. The van der Waals surface area contributed by atoms with Crippen molar-refractivity contribution >= 4 is 0 Å². The molecular weight excluding hydrogens is 116 g/mol. The minimum absolute atomic E-state index is 0.319. The summed E-state index contributed by atoms with van der Waals surface area (Å²) in [6.45, 7) is 4.89. The van der Waals surface area contributed by atoms with E-state index in [4.69, 9.17) is 9.47 Å². The second-order valence-electron chi connectivity index (χ2n) is 2.18. The van der Waals surface area contributed by atoms with Crippen LogP contribution in [0, 0.1) is 6.29 Å². The Kier molecular flexibility index (Phi) is 2.49. The van der Waals surface area contributed by atoms with Crippen LogP contribution in [-0.2, 0) is 9.47 Å². The Bertz CT molecular complexity index is 73.0. The van der Waals surface area contributed by atoms with Crippen molar-refractivity contribution in [2.24, 2.45) is 0 Å². The molecule has 1 aliphatic heterocycles. The average molecular weight is 129 g/mol. The van der Waals surface area contributed by atoms with Crippen molar-refractivity contribution in [3.63, 3.8) is 0 Å². The minimum atomic E-state index is 0.319. The van der Waals surface area contributed by atoms with E-state index in [2.05, 4.69) is 6.92 Å². The van der Waals surface area contributed by atoms with Crippen molar-refractivity contribution in [1.29, 1.82) is 0 Å². The zero-order valence-corrected chi connectivity index (χ0v) is 6.02. The Balaban J connectivity index is 2.20. The number of hydrogen-bond acceptors (Lipinski definition) is 2. The zero-order valence-electron chi connectivity index (χ0n) is 6.02. The lowest BCUT2D eigenvalue weighted by molar-refractivity contribution is 0.0467. The van der Waals surface area contributed by atoms with Crippen LogP contribution in [0.4, 0.5) is 0 Å². The molecule has 1 rings (SSSR count). The number of ether oxygens (including phenoxy) is 2. The number of rotatable bonds is 2. The minimum Gasteiger partial charge on any atom is -0.343 e. The van der Waals surface area contributed by atoms with Gasteiger partial charge in [0.1, 0.15) is 0 Å². The van der Waals surface area contributed by atoms with Gasteiger partial charge in [-0.1, -0.05) is 13.8 Å². The first-order valence-corrected chi connectivity index (χ1v) is 3.52. The quantitative estimate of drug-likeness (QED) is 0.565. The van der Waals surface area contributed by atoms with Crippen LogP contribution >= 0.6 is 0 Å². The molecule has 1 radical (unpaired) electrons. The van der Waals surface area contributed by atoms with Crippen molar-refractivity contribution in [3.8, 4) is 0 Å². The highest BCUT2D eigenvalue weighted by Gasteiger charge is 2.23. The van der Waals surface area contributed by atoms with E-state index in [1.165, 1.54) is 0 Å². The third kappa shape index (κ3) is 1.66. The van der Waals surface area contributed by atoms with Gasteiger partial charge in [0, 0.05) is 6.42 Å². The van der Waals surface area contributed by atoms with Crippen LogP contribution in [0.5, 0.6) is 0 Å². The molecule has 1 saturated heterocycles. The maximum atomic E-state index is 5.35. The van der Waals surface area contributed by atoms with Crippen LogP contribution in [0.15, 0.2) is 0 Å². The topological polar surface area (TPSA) is 18.5 Å². The van der Waals surface area contributed by atoms with Crippen molar-refractivity contribution in [3.05, 3.63) is 6.29 Å². The molecule has 0 saturated carbocycles. The first-order valence-electron chi connectivity index (χ1n) is 3.52. The van der Waals surface area contributed by atoms with Gasteiger partial charge in [0.15, 0.2) is 0 Å². The summed E-state index contributed by atoms with van der Waals surface area (Å²) in [5.41, 5.74) is 0. The average Bonchev–Trinajstić information content (AvgIpc) is 2.34. The molecule has 0 spiro atoms. The van der Waals surface area contributed by atoms with E-state index in [9.17, 15) is 0 Å². The standard InChI is InChI=1S/C7H13O2/c1-3-6-5-8-7(4-2)9-6/h6H,3-5H2,1-2H3. The largest absolute Gasteiger partial charge is 0.343 e. The van der Waals surface area contributed by atoms with Crippen LogP contribution in [0.25, 0.3) is 0 Å². The lowest BCUT2D eigenvalue weighted by Gasteiger charge is -2.03. The predicted octanol–water partition coefficient (Wildman–Crippen LogP) is 1.71. The lowest BCUT2D eigenvalue weighted by atomic mass is 10.3. The fraction of sp³-hybridized carbons (Fsp3) is 0.857. The van der Waals surface area contributed by atoms with Crippen molar-refractivity contribution < 1.29 is 9.47 Å². The van der Waals surface area contributed by atoms with E-state index < -0.39 is 0 Å². The summed E-state index contributed by atoms with van der Waals surface area (Å²) in [5.74, 6) is 0. The number of hydrogen-bond donors (Lipinski definition) is 0. The van der Waals surface area contributed by atoms with Crippen LogP contribution < -0.4 is 0 Å². The molecule has 1 heterocycles. The smallest absolute Gasteiger partial charge is 0.223 e. The van der Waals surface area contributed by atoms with Crippen molar-refractivity contribution in [2.75, 3.05) is 6.61 Å². The maximum absolute atomic E-state index is 5.35. The molecule has 2 heteroatoms. The van der Waals surface area contributed by atoms with Crippen LogP contribution in [0.2, 0.25) is 0 Å². The van der Waals surface area contributed by atoms with Gasteiger partial charge in [0.2, 0.25) is 6.29 Å². The fourth-order valence-electron chi connectivity index (χ4n) is 0.826. The molecule has 1 fully saturated rings. The van der Waals surface area contributed by atoms with Gasteiger partial charge in [-0.2, -0.15) is 0 Å². The Morgan fingerprint density at radius 3 is 2.67 bits per heavy atom. The van der Waals surface area contributed by atoms with Crippen LogP contribution in [0.1, 0.15) is 26.7 Å². The first-order chi connectivity index (χ1) is 4.36. The van der Waals surface area contributed by atoms with Gasteiger partial charge in [-0.25, -0.2) is 0 Å². The highest BCUT2D eigenvalue weighted by molar-refractivity contribution is 4.73. The van der Waals surface area contributed by atoms with E-state index in [0.29, 0.717) is 6.10 Å². The molecule has 1 atom stereocenters. The molecule has 1 unspecified atom stereocenters. The second kappa shape index (κ2) is 3.18. The first kappa shape index (κ1) is 7.03. The zero-order chi connectivity index (χ0) is 6.69. The second-order valence-corrected chi connectivity index (χ2v) is 2.18. The monoisotopic (exact) mass is 129 g/mol. The van der Waals surface area contributed by atoms with Gasteiger partial charge in [-0.05, 0) is 6.42 Å². The summed E-state index contributed by atoms with van der Waals surface area (Å²) in [6.07, 6.45) is 3.06. The molecule has 0 aromatic carbocycles. The van der Waals surface area contributed by atoms with Gasteiger partial charge in [0.25, 0.3) is 0 Å². The molecule has 53 valence electrons. The molecule has 0 aromatic rings. The van der Waals surface area contributed by atoms with Crippen molar-refractivity contribution in [1.82, 2.24) is 0 Å². The van der Waals surface area contributed by atoms with Crippen LogP contribution in [0.3, 0.4) is 0 Å². The normalized spacial score (nSPS) is 29.3. The van der Waals surface area contributed by atoms with Gasteiger partial charge >= 0.3 is 0 Å². The van der Waals surface area contributed by atoms with Gasteiger partial charge in [-0.3, -0.25) is 0 Å². The highest BCUT2D eigenvalue weighted by atomic mass is 16.7. The van der Waals surface area contributed by atoms with Gasteiger partial charge in [-0.15, -0.1) is 0 Å². The summed E-state index contributed by atoms with van der Waals surface area (Å²) >= 11 is 0. The van der Waals surface area contributed by atoms with E-state index in [1.807, 2.05) is 6.92 Å². The summed E-state index contributed by atoms with van der Waals surface area (Å²) in [4.78, 5) is 0. The van der Waals surface area contributed by atoms with E-state index in [1.54, 1.807) is 0 Å². The summed E-state index contributed by atoms with van der Waals surface area (Å²) < 4.78 is 10.6. The molecule has 0 amide bonds. The summed E-state index contributed by atoms with van der Waals surface area (Å²) in [6, 6.07) is 0. The third-order valence-corrected chi connectivity index (χ3v) is 1.47. The fourth-order valence-corrected chi connectivity index (χ4v) is 0.826. The predicted molar refractivity (Wildman–Crippen MR) is 34.6 cm³/mol. The summed E-state index contributed by atoms with van der Waals surface area (Å²) in [7, 11) is 0. The van der Waals surface area contributed by atoms with Crippen LogP contribution in [-0.4, -0.2) is 12.7 Å². The SMILES string of the molecule is CC[C]1OCC(CC)O1.